The van der Waals surface area contributed by atoms with E-state index in [4.69, 9.17) is 10.5 Å². The molecule has 214 valence electrons. The van der Waals surface area contributed by atoms with Gasteiger partial charge in [-0.15, -0.1) is 0 Å². The van der Waals surface area contributed by atoms with Crippen LogP contribution in [0.25, 0.3) is 0 Å². The number of benzene rings is 1. The highest BCUT2D eigenvalue weighted by molar-refractivity contribution is 5.94. The molecule has 0 spiro atoms. The van der Waals surface area contributed by atoms with Crippen LogP contribution in [0.4, 0.5) is 4.79 Å². The number of nitrogens with one attached hydrogen (secondary N) is 2. The second kappa shape index (κ2) is 14.2. The molecule has 0 saturated heterocycles. The summed E-state index contributed by atoms with van der Waals surface area (Å²) in [4.78, 5) is 53.9. The molecule has 2 atom stereocenters. The molecule has 1 aromatic rings. The maximum absolute atomic E-state index is 14.1. The van der Waals surface area contributed by atoms with E-state index in [2.05, 4.69) is 17.6 Å². The average molecular weight is 533 g/mol. The fourth-order valence-electron chi connectivity index (χ4n) is 4.09. The number of nitrogens with zero attached hydrogens (tertiary/aromatic N) is 1. The van der Waals surface area contributed by atoms with Gasteiger partial charge in [-0.1, -0.05) is 44.4 Å². The number of carbonyl (C=O) groups excluding carboxylic acids is 4. The number of hydrogen-bond donors (Lipinski definition) is 3. The molecule has 9 nitrogen and oxygen atoms in total. The van der Waals surface area contributed by atoms with Crippen molar-refractivity contribution in [1.29, 1.82) is 0 Å². The van der Waals surface area contributed by atoms with Gasteiger partial charge in [0.2, 0.25) is 17.7 Å². The quantitative estimate of drug-likeness (QED) is 0.343. The zero-order valence-electron chi connectivity index (χ0n) is 24.7. The Balaban J connectivity index is 3.62. The highest BCUT2D eigenvalue weighted by Gasteiger charge is 2.38. The fraction of sp³-hybridized carbons (Fsp3) is 0.655. The molecule has 0 aliphatic heterocycles. The van der Waals surface area contributed by atoms with Crippen molar-refractivity contribution in [2.24, 2.45) is 5.73 Å². The number of ether oxygens (including phenoxy) is 1. The molecule has 2 unspecified atom stereocenters. The average Bonchev–Trinajstić information content (AvgIpc) is 2.74. The van der Waals surface area contributed by atoms with E-state index in [1.165, 1.54) is 4.90 Å². The van der Waals surface area contributed by atoms with Crippen molar-refractivity contribution in [2.75, 3.05) is 6.54 Å². The van der Waals surface area contributed by atoms with Crippen LogP contribution in [0.2, 0.25) is 0 Å². The summed E-state index contributed by atoms with van der Waals surface area (Å²) in [5.74, 6) is -1.67. The lowest BCUT2D eigenvalue weighted by Crippen LogP contribution is -2.55. The predicted molar refractivity (Wildman–Crippen MR) is 149 cm³/mol. The second-order valence-corrected chi connectivity index (χ2v) is 11.9. The minimum Gasteiger partial charge on any atom is -0.444 e. The zero-order chi connectivity index (χ0) is 29.3. The highest BCUT2D eigenvalue weighted by Crippen LogP contribution is 2.29. The third-order valence-corrected chi connectivity index (χ3v) is 5.93. The molecule has 0 heterocycles. The van der Waals surface area contributed by atoms with Crippen LogP contribution in [-0.4, -0.2) is 52.4 Å². The molecule has 0 saturated carbocycles. The summed E-state index contributed by atoms with van der Waals surface area (Å²) in [6.07, 6.45) is 2.23. The number of aryl methyl sites for hydroxylation is 1. The minimum absolute atomic E-state index is 0.264. The van der Waals surface area contributed by atoms with E-state index in [1.54, 1.807) is 20.8 Å². The highest BCUT2D eigenvalue weighted by atomic mass is 16.6. The van der Waals surface area contributed by atoms with Crippen LogP contribution >= 0.6 is 0 Å². The molecule has 38 heavy (non-hydrogen) atoms. The van der Waals surface area contributed by atoms with Gasteiger partial charge in [-0.3, -0.25) is 14.4 Å². The summed E-state index contributed by atoms with van der Waals surface area (Å²) in [5, 5.41) is 5.54. The van der Waals surface area contributed by atoms with Crippen LogP contribution in [0.3, 0.4) is 0 Å². The summed E-state index contributed by atoms with van der Waals surface area (Å²) in [5.41, 5.74) is 6.67. The number of carbonyl (C=O) groups is 4. The van der Waals surface area contributed by atoms with E-state index >= 15 is 0 Å². The van der Waals surface area contributed by atoms with Crippen LogP contribution in [0, 0.1) is 13.8 Å². The minimum atomic E-state index is -1.29. The number of primary amides is 1. The maximum Gasteiger partial charge on any atom is 0.408 e. The number of amides is 4. The first-order chi connectivity index (χ1) is 17.5. The van der Waals surface area contributed by atoms with Crippen molar-refractivity contribution in [3.63, 3.8) is 0 Å². The van der Waals surface area contributed by atoms with Gasteiger partial charge in [0.1, 0.15) is 17.7 Å². The van der Waals surface area contributed by atoms with Crippen LogP contribution in [0.1, 0.15) is 103 Å². The summed E-state index contributed by atoms with van der Waals surface area (Å²) in [6.45, 7) is 16.9. The molecule has 0 aliphatic carbocycles. The molecule has 9 heteroatoms. The Labute approximate surface area is 228 Å². The normalized spacial score (nSPS) is 13.3. The van der Waals surface area contributed by atoms with Crippen LogP contribution in [0.15, 0.2) is 18.2 Å². The zero-order valence-corrected chi connectivity index (χ0v) is 24.7. The van der Waals surface area contributed by atoms with E-state index in [1.807, 2.05) is 52.8 Å². The van der Waals surface area contributed by atoms with Gasteiger partial charge in [0, 0.05) is 12.1 Å². The van der Waals surface area contributed by atoms with Crippen LogP contribution in [0.5, 0.6) is 0 Å². The van der Waals surface area contributed by atoms with Crippen molar-refractivity contribution >= 4 is 23.8 Å². The summed E-state index contributed by atoms with van der Waals surface area (Å²) in [6, 6.07) is 3.38. The van der Waals surface area contributed by atoms with Gasteiger partial charge in [0.25, 0.3) is 0 Å². The van der Waals surface area contributed by atoms with Crippen molar-refractivity contribution in [3.8, 4) is 0 Å². The van der Waals surface area contributed by atoms with Gasteiger partial charge in [-0.25, -0.2) is 4.79 Å². The topological polar surface area (TPSA) is 131 Å². The van der Waals surface area contributed by atoms with Crippen molar-refractivity contribution in [3.05, 3.63) is 34.9 Å². The Morgan fingerprint density at radius 1 is 1.00 bits per heavy atom. The first-order valence-electron chi connectivity index (χ1n) is 13.4. The van der Waals surface area contributed by atoms with E-state index in [0.717, 1.165) is 30.4 Å². The van der Waals surface area contributed by atoms with Crippen molar-refractivity contribution in [1.82, 2.24) is 15.5 Å². The molecule has 4 amide bonds. The number of nitrogens with two attached hydrogens (primary N) is 1. The molecule has 0 fully saturated rings. The van der Waals surface area contributed by atoms with Crippen LogP contribution < -0.4 is 16.4 Å². The lowest BCUT2D eigenvalue weighted by atomic mass is 9.93. The van der Waals surface area contributed by atoms with Gasteiger partial charge in [0.15, 0.2) is 0 Å². The predicted octanol–water partition coefficient (Wildman–Crippen LogP) is 4.44. The number of unbranched alkanes of at least 4 members (excludes halogenated alkanes) is 3. The van der Waals surface area contributed by atoms with Gasteiger partial charge in [0.05, 0.1) is 6.42 Å². The second-order valence-electron chi connectivity index (χ2n) is 11.9. The molecule has 1 aromatic carbocycles. The van der Waals surface area contributed by atoms with Gasteiger partial charge in [-0.2, -0.15) is 0 Å². The summed E-state index contributed by atoms with van der Waals surface area (Å²) >= 11 is 0. The lowest BCUT2D eigenvalue weighted by molar-refractivity contribution is -0.144. The van der Waals surface area contributed by atoms with Crippen molar-refractivity contribution < 1.29 is 23.9 Å². The Morgan fingerprint density at radius 2 is 1.63 bits per heavy atom. The van der Waals surface area contributed by atoms with E-state index in [9.17, 15) is 19.2 Å². The van der Waals surface area contributed by atoms with Crippen LogP contribution in [-0.2, 0) is 19.1 Å². The summed E-state index contributed by atoms with van der Waals surface area (Å²) < 4.78 is 5.33. The molecular formula is C29H48N4O5. The Bertz CT molecular complexity index is 978. The third-order valence-electron chi connectivity index (χ3n) is 5.93. The SMILES string of the molecule is CCCCCCN(C(=O)C(CC(N)=O)NC(=O)OC(C)(C)C)C(C(=O)NC(C)(C)C)c1cccc(C)c1C. The van der Waals surface area contributed by atoms with Gasteiger partial charge < -0.3 is 26.0 Å². The van der Waals surface area contributed by atoms with E-state index in [-0.39, 0.29) is 12.5 Å². The number of rotatable bonds is 12. The first-order valence-corrected chi connectivity index (χ1v) is 13.4. The van der Waals surface area contributed by atoms with Crippen molar-refractivity contribution in [2.45, 2.75) is 118 Å². The van der Waals surface area contributed by atoms with E-state index in [0.29, 0.717) is 12.0 Å². The van der Waals surface area contributed by atoms with Gasteiger partial charge in [-0.05, 0) is 78.5 Å². The molecular weight excluding hydrogens is 484 g/mol. The maximum atomic E-state index is 14.1. The molecule has 0 aliphatic rings. The number of alkyl carbamates (subject to hydrolysis) is 1. The largest absolute Gasteiger partial charge is 0.444 e. The Hall–Kier alpha value is -3.10. The molecule has 1 rings (SSSR count). The standard InChI is InChI=1S/C29H48N4O5/c1-10-11-12-13-17-33(26(36)22(18-23(30)34)31-27(37)38-29(7,8)9)24(25(35)32-28(4,5)6)21-16-14-15-19(2)20(21)3/h14-16,22,24H,10-13,17-18H2,1-9H3,(H2,30,34)(H,31,37)(H,32,35). The molecule has 0 bridgehead atoms. The smallest absolute Gasteiger partial charge is 0.408 e. The third kappa shape index (κ3) is 11.1. The lowest BCUT2D eigenvalue weighted by Gasteiger charge is -2.36. The van der Waals surface area contributed by atoms with E-state index < -0.39 is 47.6 Å². The fourth-order valence-corrected chi connectivity index (χ4v) is 4.09. The summed E-state index contributed by atoms with van der Waals surface area (Å²) in [7, 11) is 0. The molecule has 0 aromatic heterocycles. The van der Waals surface area contributed by atoms with Gasteiger partial charge >= 0.3 is 6.09 Å². The number of hydrogen-bond acceptors (Lipinski definition) is 5. The molecule has 0 radical (unpaired) electrons. The molecule has 4 N–H and O–H groups in total. The monoisotopic (exact) mass is 532 g/mol. The first kappa shape index (κ1) is 32.9. The Kier molecular flexibility index (Phi) is 12.3. The Morgan fingerprint density at radius 3 is 2.16 bits per heavy atom.